The van der Waals surface area contributed by atoms with E-state index in [4.69, 9.17) is 9.15 Å². The molecular weight excluding hydrogens is 410 g/mol. The smallest absolute Gasteiger partial charge is 0.349 e. The number of hydrogen-bond donors (Lipinski definition) is 0. The van der Waals surface area contributed by atoms with E-state index < -0.39 is 26.6 Å². The molecule has 0 unspecified atom stereocenters. The second-order valence-electron chi connectivity index (χ2n) is 7.18. The Morgan fingerprint density at radius 3 is 2.63 bits per heavy atom. The quantitative estimate of drug-likeness (QED) is 0.577. The van der Waals surface area contributed by atoms with Crippen molar-refractivity contribution in [2.45, 2.75) is 23.2 Å². The van der Waals surface area contributed by atoms with E-state index in [-0.39, 0.29) is 42.2 Å². The number of carbonyl (C=O) groups is 1. The van der Waals surface area contributed by atoms with Crippen molar-refractivity contribution in [1.82, 2.24) is 14.5 Å². The molecule has 3 aromatic rings. The third-order valence-corrected chi connectivity index (χ3v) is 7.63. The zero-order valence-electron chi connectivity index (χ0n) is 16.6. The summed E-state index contributed by atoms with van der Waals surface area (Å²) >= 11 is 0. The van der Waals surface area contributed by atoms with E-state index in [0.29, 0.717) is 11.1 Å². The number of ether oxygens (including phenoxy) is 1. The van der Waals surface area contributed by atoms with E-state index in [9.17, 15) is 18.0 Å². The van der Waals surface area contributed by atoms with Crippen LogP contribution in [0.1, 0.15) is 23.2 Å². The van der Waals surface area contributed by atoms with E-state index in [1.807, 2.05) is 0 Å². The van der Waals surface area contributed by atoms with Gasteiger partial charge in [-0.3, -0.25) is 4.79 Å². The van der Waals surface area contributed by atoms with Gasteiger partial charge in [-0.25, -0.2) is 18.2 Å². The highest BCUT2D eigenvalue weighted by Crippen LogP contribution is 2.26. The Kier molecular flexibility index (Phi) is 5.10. The van der Waals surface area contributed by atoms with Crippen LogP contribution >= 0.6 is 0 Å². The lowest BCUT2D eigenvalue weighted by Crippen LogP contribution is -2.44. The minimum Gasteiger partial charge on any atom is -0.493 e. The van der Waals surface area contributed by atoms with Gasteiger partial charge in [0.2, 0.25) is 15.0 Å². The average Bonchev–Trinajstić information content (AvgIpc) is 3.19. The Morgan fingerprint density at radius 1 is 1.27 bits per heavy atom. The maximum absolute atomic E-state index is 12.9. The molecule has 1 fully saturated rings. The van der Waals surface area contributed by atoms with Gasteiger partial charge in [-0.15, -0.1) is 0 Å². The van der Waals surface area contributed by atoms with Crippen LogP contribution in [0.25, 0.3) is 11.0 Å². The maximum atomic E-state index is 12.9. The van der Waals surface area contributed by atoms with Crippen LogP contribution in [-0.4, -0.2) is 54.2 Å². The highest BCUT2D eigenvalue weighted by Gasteiger charge is 2.35. The molecular formula is C20H21N3O6S. The van der Waals surface area contributed by atoms with Crippen molar-refractivity contribution in [2.24, 2.45) is 7.05 Å². The number of nitrogens with zero attached hydrogens (tertiary/aromatic N) is 3. The first-order chi connectivity index (χ1) is 14.3. The van der Waals surface area contributed by atoms with Gasteiger partial charge in [0, 0.05) is 37.9 Å². The molecule has 0 aliphatic carbocycles. The lowest BCUT2D eigenvalue weighted by Gasteiger charge is -2.31. The minimum atomic E-state index is -3.59. The molecule has 2 aromatic heterocycles. The molecule has 0 N–H and O–H groups in total. The molecule has 1 amide bonds. The second-order valence-corrected chi connectivity index (χ2v) is 9.31. The Labute approximate surface area is 172 Å². The van der Waals surface area contributed by atoms with Crippen molar-refractivity contribution in [3.8, 4) is 5.75 Å². The van der Waals surface area contributed by atoms with Crippen LogP contribution in [0.2, 0.25) is 0 Å². The van der Waals surface area contributed by atoms with Gasteiger partial charge < -0.3 is 18.6 Å². The number of aromatic nitrogens is 2. The summed E-state index contributed by atoms with van der Waals surface area (Å²) < 4.78 is 37.6. The third-order valence-electron chi connectivity index (χ3n) is 5.37. The number of hydrogen-bond acceptors (Lipinski definition) is 7. The van der Waals surface area contributed by atoms with Crippen LogP contribution in [0.4, 0.5) is 0 Å². The van der Waals surface area contributed by atoms with Crippen LogP contribution in [0.3, 0.4) is 0 Å². The number of likely N-dealkylation sites (tertiary alicyclic amines) is 1. The molecule has 1 saturated heterocycles. The van der Waals surface area contributed by atoms with Crippen molar-refractivity contribution in [3.63, 3.8) is 0 Å². The van der Waals surface area contributed by atoms with Crippen molar-refractivity contribution >= 4 is 26.7 Å². The number of benzene rings is 1. The summed E-state index contributed by atoms with van der Waals surface area (Å²) in [4.78, 5) is 30.8. The summed E-state index contributed by atoms with van der Waals surface area (Å²) in [6, 6.07) is 6.62. The lowest BCUT2D eigenvalue weighted by molar-refractivity contribution is 0.0721. The fraction of sp³-hybridized carbons (Fsp3) is 0.350. The highest BCUT2D eigenvalue weighted by molar-refractivity contribution is 7.91. The third kappa shape index (κ3) is 3.36. The van der Waals surface area contributed by atoms with Gasteiger partial charge in [0.1, 0.15) is 5.56 Å². The SMILES string of the molecule is COc1cccc2cc(C(=O)N3CCC(S(=O)(=O)c4nccn4C)CC3)c(=O)oc12. The van der Waals surface area contributed by atoms with Crippen LogP contribution in [0.15, 0.2) is 51.0 Å². The lowest BCUT2D eigenvalue weighted by atomic mass is 10.1. The van der Waals surface area contributed by atoms with Gasteiger partial charge in [-0.05, 0) is 25.0 Å². The topological polar surface area (TPSA) is 112 Å². The number of sulfone groups is 1. The van der Waals surface area contributed by atoms with Crippen LogP contribution < -0.4 is 10.4 Å². The van der Waals surface area contributed by atoms with Crippen LogP contribution in [0.5, 0.6) is 5.75 Å². The van der Waals surface area contributed by atoms with Crippen molar-refractivity contribution in [1.29, 1.82) is 0 Å². The number of amides is 1. The molecule has 1 aromatic carbocycles. The first-order valence-electron chi connectivity index (χ1n) is 9.44. The minimum absolute atomic E-state index is 0.0244. The molecule has 0 spiro atoms. The molecule has 9 nitrogen and oxygen atoms in total. The predicted molar refractivity (Wildman–Crippen MR) is 108 cm³/mol. The fourth-order valence-corrected chi connectivity index (χ4v) is 5.54. The molecule has 0 saturated carbocycles. The molecule has 158 valence electrons. The summed E-state index contributed by atoms with van der Waals surface area (Å²) in [5.74, 6) is -0.0646. The molecule has 1 aliphatic heterocycles. The molecule has 3 heterocycles. The molecule has 4 rings (SSSR count). The molecule has 0 radical (unpaired) electrons. The van der Waals surface area contributed by atoms with Gasteiger partial charge in [0.15, 0.2) is 11.3 Å². The Morgan fingerprint density at radius 2 is 2.00 bits per heavy atom. The van der Waals surface area contributed by atoms with E-state index in [1.165, 1.54) is 28.8 Å². The fourth-order valence-electron chi connectivity index (χ4n) is 3.74. The van der Waals surface area contributed by atoms with Crippen molar-refractivity contribution in [3.05, 3.63) is 52.6 Å². The highest BCUT2D eigenvalue weighted by atomic mass is 32.2. The van der Waals surface area contributed by atoms with Crippen molar-refractivity contribution in [2.75, 3.05) is 20.2 Å². The number of rotatable bonds is 4. The van der Waals surface area contributed by atoms with E-state index in [2.05, 4.69) is 4.98 Å². The second kappa shape index (κ2) is 7.60. The van der Waals surface area contributed by atoms with E-state index in [0.717, 1.165) is 0 Å². The Balaban J connectivity index is 1.54. The van der Waals surface area contributed by atoms with Crippen LogP contribution in [0, 0.1) is 0 Å². The molecule has 0 bridgehead atoms. The Bertz CT molecular complexity index is 1270. The largest absolute Gasteiger partial charge is 0.493 e. The summed E-state index contributed by atoms with van der Waals surface area (Å²) in [5, 5.41) is -0.0270. The van der Waals surface area contributed by atoms with E-state index in [1.54, 1.807) is 31.4 Å². The van der Waals surface area contributed by atoms with Gasteiger partial charge in [-0.1, -0.05) is 12.1 Å². The molecule has 30 heavy (non-hydrogen) atoms. The zero-order chi connectivity index (χ0) is 21.5. The van der Waals surface area contributed by atoms with Gasteiger partial charge >= 0.3 is 5.63 Å². The number of carbonyl (C=O) groups excluding carboxylic acids is 1. The zero-order valence-corrected chi connectivity index (χ0v) is 17.4. The van der Waals surface area contributed by atoms with Gasteiger partial charge in [-0.2, -0.15) is 0 Å². The first kappa shape index (κ1) is 20.1. The molecule has 1 aliphatic rings. The number of para-hydroxylation sites is 1. The summed E-state index contributed by atoms with van der Waals surface area (Å²) in [6.07, 6.45) is 3.57. The standard InChI is InChI=1S/C20H21N3O6S/c1-22-11-8-21-20(22)30(26,27)14-6-9-23(10-7-14)18(24)15-12-13-4-3-5-16(28-2)17(13)29-19(15)25/h3-5,8,11-12,14H,6-7,9-10H2,1-2H3. The van der Waals surface area contributed by atoms with Crippen molar-refractivity contribution < 1.29 is 22.4 Å². The number of fused-ring (bicyclic) bond motifs is 1. The Hall–Kier alpha value is -3.14. The predicted octanol–water partition coefficient (Wildman–Crippen LogP) is 1.61. The molecule has 0 atom stereocenters. The number of aryl methyl sites for hydroxylation is 1. The number of methoxy groups -OCH3 is 1. The average molecular weight is 431 g/mol. The summed E-state index contributed by atoms with van der Waals surface area (Å²) in [5.41, 5.74) is -0.553. The first-order valence-corrected chi connectivity index (χ1v) is 11.0. The van der Waals surface area contributed by atoms with Gasteiger partial charge in [0.25, 0.3) is 5.91 Å². The summed E-state index contributed by atoms with van der Waals surface area (Å²) in [6.45, 7) is 0.450. The number of piperidine rings is 1. The number of imidazole rings is 1. The summed E-state index contributed by atoms with van der Waals surface area (Å²) in [7, 11) is -0.487. The van der Waals surface area contributed by atoms with Gasteiger partial charge in [0.05, 0.1) is 12.4 Å². The monoisotopic (exact) mass is 431 g/mol. The molecule has 10 heteroatoms. The van der Waals surface area contributed by atoms with Crippen LogP contribution in [-0.2, 0) is 16.9 Å². The maximum Gasteiger partial charge on any atom is 0.349 e. The normalized spacial score (nSPS) is 15.5. The van der Waals surface area contributed by atoms with E-state index >= 15 is 0 Å².